The number of halogens is 1. The molecule has 0 saturated heterocycles. The Kier molecular flexibility index (Phi) is 5.92. The Balaban J connectivity index is 2.34. The number of ketones is 1. The second kappa shape index (κ2) is 7.73. The van der Waals surface area contributed by atoms with Crippen molar-refractivity contribution in [3.8, 4) is 0 Å². The molecule has 7 nitrogen and oxygen atoms in total. The zero-order valence-electron chi connectivity index (χ0n) is 12.6. The molecule has 1 heterocycles. The fourth-order valence-corrected chi connectivity index (χ4v) is 3.59. The van der Waals surface area contributed by atoms with Gasteiger partial charge in [-0.3, -0.25) is 4.79 Å². The van der Waals surface area contributed by atoms with Crippen LogP contribution < -0.4 is 4.72 Å². The van der Waals surface area contributed by atoms with Gasteiger partial charge in [0.05, 0.1) is 17.8 Å². The summed E-state index contributed by atoms with van der Waals surface area (Å²) < 4.78 is 37.3. The standard InChI is InChI=1S/C15H14BrNO6S/c1-2-22-15(19)13(14(18)12-7-4-8-23-12)17-24(20,21)11-6-3-5-10(16)9-11/h3-9,13,17H,2H2,1H3. The highest BCUT2D eigenvalue weighted by Crippen LogP contribution is 2.17. The van der Waals surface area contributed by atoms with Crippen molar-refractivity contribution < 1.29 is 27.2 Å². The summed E-state index contributed by atoms with van der Waals surface area (Å²) >= 11 is 3.17. The van der Waals surface area contributed by atoms with Crippen LogP contribution in [0.5, 0.6) is 0 Å². The Morgan fingerprint density at radius 2 is 2.04 bits per heavy atom. The average Bonchev–Trinajstić information content (AvgIpc) is 3.06. The lowest BCUT2D eigenvalue weighted by molar-refractivity contribution is -0.143. The molecule has 1 aromatic heterocycles. The van der Waals surface area contributed by atoms with Crippen molar-refractivity contribution in [3.63, 3.8) is 0 Å². The number of sulfonamides is 1. The smallest absolute Gasteiger partial charge is 0.332 e. The molecular weight excluding hydrogens is 402 g/mol. The third kappa shape index (κ3) is 4.31. The predicted octanol–water partition coefficient (Wildman–Crippen LogP) is 2.13. The van der Waals surface area contributed by atoms with Crippen LogP contribution in [0.25, 0.3) is 0 Å². The summed E-state index contributed by atoms with van der Waals surface area (Å²) in [6.45, 7) is 1.55. The van der Waals surface area contributed by atoms with Crippen molar-refractivity contribution in [2.24, 2.45) is 0 Å². The number of ether oxygens (including phenoxy) is 1. The van der Waals surface area contributed by atoms with E-state index in [9.17, 15) is 18.0 Å². The van der Waals surface area contributed by atoms with Gasteiger partial charge in [-0.25, -0.2) is 13.2 Å². The highest BCUT2D eigenvalue weighted by atomic mass is 79.9. The molecule has 0 aliphatic rings. The van der Waals surface area contributed by atoms with Gasteiger partial charge in [0.2, 0.25) is 15.8 Å². The molecule has 0 spiro atoms. The Morgan fingerprint density at radius 1 is 1.29 bits per heavy atom. The molecule has 0 aliphatic heterocycles. The van der Waals surface area contributed by atoms with Crippen LogP contribution in [0.3, 0.4) is 0 Å². The summed E-state index contributed by atoms with van der Waals surface area (Å²) in [6.07, 6.45) is 1.25. The second-order valence-corrected chi connectivity index (χ2v) is 7.23. The zero-order chi connectivity index (χ0) is 17.7. The first kappa shape index (κ1) is 18.4. The lowest BCUT2D eigenvalue weighted by atomic mass is 10.1. The van der Waals surface area contributed by atoms with E-state index in [0.717, 1.165) is 0 Å². The van der Waals surface area contributed by atoms with Crippen molar-refractivity contribution in [2.75, 3.05) is 6.61 Å². The van der Waals surface area contributed by atoms with Crippen LogP contribution in [-0.4, -0.2) is 32.8 Å². The Morgan fingerprint density at radius 3 is 2.62 bits per heavy atom. The maximum Gasteiger partial charge on any atom is 0.332 e. The van der Waals surface area contributed by atoms with Gasteiger partial charge in [0.15, 0.2) is 11.8 Å². The van der Waals surface area contributed by atoms with Gasteiger partial charge < -0.3 is 9.15 Å². The van der Waals surface area contributed by atoms with E-state index in [0.29, 0.717) is 4.47 Å². The van der Waals surface area contributed by atoms with Crippen LogP contribution in [-0.2, 0) is 19.6 Å². The highest BCUT2D eigenvalue weighted by Gasteiger charge is 2.35. The first-order valence-electron chi connectivity index (χ1n) is 6.87. The first-order valence-corrected chi connectivity index (χ1v) is 9.15. The SMILES string of the molecule is CCOC(=O)C(NS(=O)(=O)c1cccc(Br)c1)C(=O)c1ccco1. The number of benzene rings is 1. The third-order valence-corrected chi connectivity index (χ3v) is 4.84. The van der Waals surface area contributed by atoms with Crippen LogP contribution in [0.1, 0.15) is 17.5 Å². The average molecular weight is 416 g/mol. The van der Waals surface area contributed by atoms with Crippen molar-refractivity contribution in [2.45, 2.75) is 17.9 Å². The molecule has 0 bridgehead atoms. The van der Waals surface area contributed by atoms with Crippen molar-refractivity contribution in [1.29, 1.82) is 0 Å². The Labute approximate surface area is 147 Å². The number of hydrogen-bond acceptors (Lipinski definition) is 6. The minimum Gasteiger partial charge on any atom is -0.464 e. The van der Waals surface area contributed by atoms with Gasteiger partial charge in [-0.2, -0.15) is 4.72 Å². The van der Waals surface area contributed by atoms with E-state index in [1.54, 1.807) is 13.0 Å². The minimum absolute atomic E-state index is 0.000614. The maximum atomic E-state index is 12.5. The van der Waals surface area contributed by atoms with Gasteiger partial charge in [0.1, 0.15) is 0 Å². The van der Waals surface area contributed by atoms with Gasteiger partial charge in [-0.1, -0.05) is 22.0 Å². The molecule has 1 atom stereocenters. The van der Waals surface area contributed by atoms with Crippen molar-refractivity contribution in [1.82, 2.24) is 4.72 Å². The number of furan rings is 1. The third-order valence-electron chi connectivity index (χ3n) is 2.93. The molecule has 24 heavy (non-hydrogen) atoms. The van der Waals surface area contributed by atoms with E-state index in [1.807, 2.05) is 0 Å². The normalized spacial score (nSPS) is 12.6. The van der Waals surface area contributed by atoms with Crippen LogP contribution in [0.4, 0.5) is 0 Å². The fourth-order valence-electron chi connectivity index (χ4n) is 1.85. The number of carbonyl (C=O) groups is 2. The summed E-state index contributed by atoms with van der Waals surface area (Å²) in [5.41, 5.74) is 0. The number of rotatable bonds is 7. The maximum absolute atomic E-state index is 12.5. The topological polar surface area (TPSA) is 103 Å². The van der Waals surface area contributed by atoms with E-state index >= 15 is 0 Å². The molecule has 0 amide bonds. The minimum atomic E-state index is -4.12. The van der Waals surface area contributed by atoms with Gasteiger partial charge in [0.25, 0.3) is 0 Å². The van der Waals surface area contributed by atoms with E-state index < -0.39 is 27.8 Å². The highest BCUT2D eigenvalue weighted by molar-refractivity contribution is 9.10. The molecule has 1 N–H and O–H groups in total. The number of hydrogen-bond donors (Lipinski definition) is 1. The summed E-state index contributed by atoms with van der Waals surface area (Å²) in [6, 6.07) is 6.91. The second-order valence-electron chi connectivity index (χ2n) is 4.61. The molecule has 1 unspecified atom stereocenters. The molecule has 0 aliphatic carbocycles. The van der Waals surface area contributed by atoms with E-state index in [-0.39, 0.29) is 17.3 Å². The molecule has 0 fully saturated rings. The first-order chi connectivity index (χ1) is 11.3. The number of Topliss-reactive ketones (excluding diaryl/α,β-unsaturated/α-hetero) is 1. The van der Waals surface area contributed by atoms with E-state index in [2.05, 4.69) is 20.7 Å². The Hall–Kier alpha value is -1.97. The molecule has 2 aromatic rings. The number of carbonyl (C=O) groups excluding carboxylic acids is 2. The van der Waals surface area contributed by atoms with Crippen LogP contribution in [0.2, 0.25) is 0 Å². The predicted molar refractivity (Wildman–Crippen MR) is 87.9 cm³/mol. The van der Waals surface area contributed by atoms with Gasteiger partial charge in [0, 0.05) is 4.47 Å². The molecule has 0 radical (unpaired) electrons. The largest absolute Gasteiger partial charge is 0.464 e. The molecule has 128 valence electrons. The number of esters is 1. The monoisotopic (exact) mass is 415 g/mol. The van der Waals surface area contributed by atoms with Crippen molar-refractivity contribution in [3.05, 3.63) is 52.9 Å². The molecule has 0 saturated carbocycles. The van der Waals surface area contributed by atoms with Gasteiger partial charge in [-0.15, -0.1) is 0 Å². The Bertz CT molecular complexity index is 831. The van der Waals surface area contributed by atoms with Gasteiger partial charge >= 0.3 is 5.97 Å². The summed E-state index contributed by atoms with van der Waals surface area (Å²) in [7, 11) is -4.12. The zero-order valence-corrected chi connectivity index (χ0v) is 15.0. The molecular formula is C15H14BrNO6S. The molecule has 2 rings (SSSR count). The molecule has 9 heteroatoms. The summed E-state index contributed by atoms with van der Waals surface area (Å²) in [5.74, 6) is -1.99. The van der Waals surface area contributed by atoms with Crippen molar-refractivity contribution >= 4 is 37.7 Å². The lowest BCUT2D eigenvalue weighted by Crippen LogP contribution is -2.47. The fraction of sp³-hybridized carbons (Fsp3) is 0.200. The quantitative estimate of drug-likeness (QED) is 0.422. The van der Waals surface area contributed by atoms with E-state index in [1.165, 1.54) is 36.6 Å². The molecule has 1 aromatic carbocycles. The summed E-state index contributed by atoms with van der Waals surface area (Å²) in [4.78, 5) is 24.3. The van der Waals surface area contributed by atoms with Crippen LogP contribution in [0, 0.1) is 0 Å². The lowest BCUT2D eigenvalue weighted by Gasteiger charge is -2.15. The van der Waals surface area contributed by atoms with Crippen LogP contribution in [0.15, 0.2) is 56.4 Å². The number of nitrogens with one attached hydrogen (secondary N) is 1. The van der Waals surface area contributed by atoms with Gasteiger partial charge in [-0.05, 0) is 37.3 Å². The van der Waals surface area contributed by atoms with Crippen LogP contribution >= 0.6 is 15.9 Å². The summed E-state index contributed by atoms with van der Waals surface area (Å²) in [5, 5.41) is 0. The van der Waals surface area contributed by atoms with E-state index in [4.69, 9.17) is 9.15 Å².